The molecule has 1 amide bonds. The summed E-state index contributed by atoms with van der Waals surface area (Å²) in [5.74, 6) is 1.18. The highest BCUT2D eigenvalue weighted by molar-refractivity contribution is 6.06. The van der Waals surface area contributed by atoms with E-state index in [-0.39, 0.29) is 5.91 Å². The van der Waals surface area contributed by atoms with Crippen molar-refractivity contribution in [2.75, 3.05) is 12.0 Å². The van der Waals surface area contributed by atoms with E-state index in [2.05, 4.69) is 0 Å². The van der Waals surface area contributed by atoms with Gasteiger partial charge in [-0.1, -0.05) is 48.5 Å². The zero-order valence-electron chi connectivity index (χ0n) is 14.9. The molecule has 0 N–H and O–H groups in total. The van der Waals surface area contributed by atoms with Crippen molar-refractivity contribution in [3.05, 3.63) is 102 Å². The maximum Gasteiger partial charge on any atom is 0.257 e. The summed E-state index contributed by atoms with van der Waals surface area (Å²) < 4.78 is 11.5. The van der Waals surface area contributed by atoms with Gasteiger partial charge in [-0.2, -0.15) is 0 Å². The van der Waals surface area contributed by atoms with Crippen molar-refractivity contribution in [2.45, 2.75) is 6.23 Å². The Morgan fingerprint density at radius 3 is 2.11 bits per heavy atom. The number of hydrogen-bond donors (Lipinski definition) is 0. The summed E-state index contributed by atoms with van der Waals surface area (Å²) in [5.41, 5.74) is 2.54. The molecule has 4 nitrogen and oxygen atoms in total. The lowest BCUT2D eigenvalue weighted by Gasteiger charge is -2.35. The van der Waals surface area contributed by atoms with Crippen LogP contribution in [-0.4, -0.2) is 13.0 Å². The molecule has 0 saturated carbocycles. The molecule has 1 aliphatic rings. The average Bonchev–Trinajstić information content (AvgIpc) is 2.74. The summed E-state index contributed by atoms with van der Waals surface area (Å²) in [6, 6.07) is 26.8. The predicted molar refractivity (Wildman–Crippen MR) is 105 cm³/mol. The molecule has 3 aromatic carbocycles. The minimum Gasteiger partial charge on any atom is -0.497 e. The quantitative estimate of drug-likeness (QED) is 0.673. The van der Waals surface area contributed by atoms with Crippen molar-refractivity contribution in [1.82, 2.24) is 0 Å². The lowest BCUT2D eigenvalue weighted by molar-refractivity contribution is -0.117. The van der Waals surface area contributed by atoms with Gasteiger partial charge in [-0.3, -0.25) is 9.69 Å². The van der Waals surface area contributed by atoms with Crippen LogP contribution in [0.15, 0.2) is 91.0 Å². The summed E-state index contributed by atoms with van der Waals surface area (Å²) in [6.45, 7) is 0. The number of carbonyl (C=O) groups excluding carboxylic acids is 1. The van der Waals surface area contributed by atoms with E-state index in [4.69, 9.17) is 9.47 Å². The van der Waals surface area contributed by atoms with E-state index in [1.807, 2.05) is 84.9 Å². The Morgan fingerprint density at radius 1 is 0.852 bits per heavy atom. The molecule has 4 heteroatoms. The fourth-order valence-electron chi connectivity index (χ4n) is 3.10. The van der Waals surface area contributed by atoms with Crippen molar-refractivity contribution < 1.29 is 14.3 Å². The molecule has 0 radical (unpaired) electrons. The Labute approximate surface area is 158 Å². The molecule has 0 bridgehead atoms. The van der Waals surface area contributed by atoms with Gasteiger partial charge in [0.05, 0.1) is 7.11 Å². The van der Waals surface area contributed by atoms with Crippen LogP contribution >= 0.6 is 0 Å². The van der Waals surface area contributed by atoms with Crippen LogP contribution in [0, 0.1) is 0 Å². The highest BCUT2D eigenvalue weighted by atomic mass is 16.5. The monoisotopic (exact) mass is 357 g/mol. The minimum absolute atomic E-state index is 0.118. The van der Waals surface area contributed by atoms with E-state index in [0.29, 0.717) is 5.76 Å². The fraction of sp³-hybridized carbons (Fsp3) is 0.0870. The van der Waals surface area contributed by atoms with E-state index < -0.39 is 6.23 Å². The van der Waals surface area contributed by atoms with Crippen LogP contribution in [0.5, 0.6) is 5.75 Å². The van der Waals surface area contributed by atoms with E-state index in [9.17, 15) is 4.79 Å². The van der Waals surface area contributed by atoms with Crippen LogP contribution in [0.2, 0.25) is 0 Å². The third kappa shape index (κ3) is 3.42. The highest BCUT2D eigenvalue weighted by Crippen LogP contribution is 2.36. The Balaban J connectivity index is 1.76. The minimum atomic E-state index is -0.539. The van der Waals surface area contributed by atoms with Crippen LogP contribution in [0.25, 0.3) is 5.76 Å². The summed E-state index contributed by atoms with van der Waals surface area (Å²) in [6.07, 6.45) is 0.997. The normalized spacial score (nSPS) is 16.5. The molecular formula is C23H19NO3. The number of para-hydroxylation sites is 1. The average molecular weight is 357 g/mol. The number of ether oxygens (including phenoxy) is 2. The number of hydrogen-bond acceptors (Lipinski definition) is 3. The van der Waals surface area contributed by atoms with E-state index >= 15 is 0 Å². The number of anilines is 1. The molecule has 1 heterocycles. The molecule has 4 rings (SSSR count). The standard InChI is InChI=1S/C23H19NO3/c1-26-20-14-12-17(13-15-20)21-16-22(25)24(19-10-6-3-7-11-19)23(27-21)18-8-4-2-5-9-18/h2-16,23H,1H3/t23-/m1/s1. The summed E-state index contributed by atoms with van der Waals surface area (Å²) in [7, 11) is 1.62. The Morgan fingerprint density at radius 2 is 1.48 bits per heavy atom. The van der Waals surface area contributed by atoms with Crippen molar-refractivity contribution in [2.24, 2.45) is 0 Å². The van der Waals surface area contributed by atoms with Gasteiger partial charge in [0.1, 0.15) is 11.5 Å². The number of amides is 1. The molecular weight excluding hydrogens is 338 g/mol. The van der Waals surface area contributed by atoms with Gasteiger partial charge in [-0.05, 0) is 36.4 Å². The molecule has 0 fully saturated rings. The molecule has 0 spiro atoms. The molecule has 134 valence electrons. The third-order valence-corrected chi connectivity index (χ3v) is 4.46. The van der Waals surface area contributed by atoms with Crippen molar-refractivity contribution in [3.8, 4) is 5.75 Å². The van der Waals surface area contributed by atoms with Gasteiger partial charge >= 0.3 is 0 Å². The number of nitrogens with zero attached hydrogens (tertiary/aromatic N) is 1. The van der Waals surface area contributed by atoms with Crippen molar-refractivity contribution >= 4 is 17.4 Å². The van der Waals surface area contributed by atoms with Crippen LogP contribution < -0.4 is 9.64 Å². The first-order chi connectivity index (χ1) is 13.3. The molecule has 0 aromatic heterocycles. The van der Waals surface area contributed by atoms with Gasteiger partial charge in [0.15, 0.2) is 0 Å². The summed E-state index contributed by atoms with van der Waals surface area (Å²) in [5, 5.41) is 0. The van der Waals surface area contributed by atoms with Gasteiger partial charge < -0.3 is 9.47 Å². The van der Waals surface area contributed by atoms with Gasteiger partial charge in [-0.25, -0.2) is 0 Å². The second kappa shape index (κ2) is 7.38. The van der Waals surface area contributed by atoms with E-state index in [1.165, 1.54) is 6.08 Å². The Bertz CT molecular complexity index is 950. The number of carbonyl (C=O) groups is 1. The lowest BCUT2D eigenvalue weighted by Crippen LogP contribution is -2.38. The fourth-order valence-corrected chi connectivity index (χ4v) is 3.10. The number of benzene rings is 3. The van der Waals surface area contributed by atoms with E-state index in [0.717, 1.165) is 22.6 Å². The first-order valence-corrected chi connectivity index (χ1v) is 8.72. The SMILES string of the molecule is COc1ccc(C2=CC(=O)N(c3ccccc3)[C@@H](c3ccccc3)O2)cc1. The topological polar surface area (TPSA) is 38.8 Å². The van der Waals surface area contributed by atoms with Gasteiger partial charge in [0.2, 0.25) is 6.23 Å². The maximum atomic E-state index is 13.0. The smallest absolute Gasteiger partial charge is 0.257 e. The van der Waals surface area contributed by atoms with Crippen LogP contribution in [0.3, 0.4) is 0 Å². The molecule has 27 heavy (non-hydrogen) atoms. The van der Waals surface area contributed by atoms with E-state index in [1.54, 1.807) is 12.0 Å². The second-order valence-electron chi connectivity index (χ2n) is 6.16. The number of rotatable bonds is 4. The molecule has 3 aromatic rings. The summed E-state index contributed by atoms with van der Waals surface area (Å²) in [4.78, 5) is 14.7. The Hall–Kier alpha value is -3.53. The first-order valence-electron chi connectivity index (χ1n) is 8.72. The summed E-state index contributed by atoms with van der Waals surface area (Å²) >= 11 is 0. The lowest BCUT2D eigenvalue weighted by atomic mass is 10.1. The van der Waals surface area contributed by atoms with Gasteiger partial charge in [0, 0.05) is 22.9 Å². The van der Waals surface area contributed by atoms with Crippen molar-refractivity contribution in [1.29, 1.82) is 0 Å². The molecule has 1 aliphatic heterocycles. The maximum absolute atomic E-state index is 13.0. The zero-order chi connectivity index (χ0) is 18.6. The van der Waals surface area contributed by atoms with Gasteiger partial charge in [0.25, 0.3) is 5.91 Å². The van der Waals surface area contributed by atoms with Crippen LogP contribution in [0.4, 0.5) is 5.69 Å². The molecule has 0 aliphatic carbocycles. The highest BCUT2D eigenvalue weighted by Gasteiger charge is 2.32. The van der Waals surface area contributed by atoms with Crippen LogP contribution in [0.1, 0.15) is 17.4 Å². The van der Waals surface area contributed by atoms with Gasteiger partial charge in [-0.15, -0.1) is 0 Å². The zero-order valence-corrected chi connectivity index (χ0v) is 14.9. The Kier molecular flexibility index (Phi) is 4.62. The molecule has 0 saturated heterocycles. The first kappa shape index (κ1) is 16.9. The number of methoxy groups -OCH3 is 1. The second-order valence-corrected chi connectivity index (χ2v) is 6.16. The predicted octanol–water partition coefficient (Wildman–Crippen LogP) is 4.80. The van der Waals surface area contributed by atoms with Crippen molar-refractivity contribution in [3.63, 3.8) is 0 Å². The third-order valence-electron chi connectivity index (χ3n) is 4.46. The molecule has 0 unspecified atom stereocenters. The molecule has 1 atom stereocenters. The van der Waals surface area contributed by atoms with Crippen LogP contribution in [-0.2, 0) is 9.53 Å². The largest absolute Gasteiger partial charge is 0.497 e.